The van der Waals surface area contributed by atoms with E-state index < -0.39 is 17.7 Å². The first-order valence-corrected chi connectivity index (χ1v) is 8.52. The van der Waals surface area contributed by atoms with E-state index in [-0.39, 0.29) is 12.1 Å². The Kier molecular flexibility index (Phi) is 5.62. The van der Waals surface area contributed by atoms with Gasteiger partial charge in [0.25, 0.3) is 0 Å². The van der Waals surface area contributed by atoms with Gasteiger partial charge in [0, 0.05) is 10.7 Å². The zero-order valence-corrected chi connectivity index (χ0v) is 15.9. The van der Waals surface area contributed by atoms with Crippen LogP contribution in [-0.4, -0.2) is 39.8 Å². The number of anilines is 1. The maximum atomic E-state index is 12.8. The average molecular weight is 366 g/mol. The van der Waals surface area contributed by atoms with Crippen molar-refractivity contribution in [3.63, 3.8) is 0 Å². The maximum Gasteiger partial charge on any atom is 0.430 e. The highest BCUT2D eigenvalue weighted by Crippen LogP contribution is 2.23. The van der Waals surface area contributed by atoms with E-state index in [9.17, 15) is 9.59 Å². The van der Waals surface area contributed by atoms with Gasteiger partial charge in [-0.1, -0.05) is 23.8 Å². The highest BCUT2D eigenvalue weighted by Gasteiger charge is 2.37. The molecule has 0 spiro atoms. The van der Waals surface area contributed by atoms with Crippen molar-refractivity contribution in [2.24, 2.45) is 0 Å². The molecule has 1 heterocycles. The van der Waals surface area contributed by atoms with Gasteiger partial charge in [0.2, 0.25) is 0 Å². The van der Waals surface area contributed by atoms with Crippen LogP contribution in [0.4, 0.5) is 15.3 Å². The van der Waals surface area contributed by atoms with Gasteiger partial charge in [-0.3, -0.25) is 0 Å². The standard InChI is InChI=1S/C18H24ClN3O3/c1-12-6-7-13(2)22(17(24)25-18(3,4)5)21(12)16(23)20-15-10-8-14(19)9-11-15/h6-13H,1-5H3,(H,20,23)/t12-,13+/m0/s1. The predicted octanol–water partition coefficient (Wildman–Crippen LogP) is 4.67. The van der Waals surface area contributed by atoms with Gasteiger partial charge < -0.3 is 10.1 Å². The minimum absolute atomic E-state index is 0.295. The smallest absolute Gasteiger partial charge is 0.430 e. The number of carbonyl (C=O) groups is 2. The lowest BCUT2D eigenvalue weighted by atomic mass is 10.1. The molecule has 1 aromatic rings. The fourth-order valence-electron chi connectivity index (χ4n) is 2.44. The molecule has 0 bridgehead atoms. The number of halogens is 1. The van der Waals surface area contributed by atoms with Crippen molar-refractivity contribution in [1.82, 2.24) is 10.0 Å². The molecule has 1 aliphatic heterocycles. The Hall–Kier alpha value is -2.21. The Morgan fingerprint density at radius 3 is 2.08 bits per heavy atom. The summed E-state index contributed by atoms with van der Waals surface area (Å²) < 4.78 is 5.46. The molecule has 1 N–H and O–H groups in total. The largest absolute Gasteiger partial charge is 0.442 e. The molecule has 1 aliphatic rings. The van der Waals surface area contributed by atoms with Crippen LogP contribution in [0.3, 0.4) is 0 Å². The first kappa shape index (κ1) is 19.1. The van der Waals surface area contributed by atoms with Gasteiger partial charge in [0.05, 0.1) is 12.1 Å². The summed E-state index contributed by atoms with van der Waals surface area (Å²) in [6.45, 7) is 9.03. The molecule has 0 aliphatic carbocycles. The lowest BCUT2D eigenvalue weighted by molar-refractivity contribution is -0.0497. The number of nitrogens with zero attached hydrogens (tertiary/aromatic N) is 2. The number of hydrogen-bond acceptors (Lipinski definition) is 3. The minimum Gasteiger partial charge on any atom is -0.442 e. The normalized spacial score (nSPS) is 20.4. The number of amides is 3. The first-order chi connectivity index (χ1) is 11.6. The van der Waals surface area contributed by atoms with Crippen molar-refractivity contribution >= 4 is 29.4 Å². The highest BCUT2D eigenvalue weighted by molar-refractivity contribution is 6.30. The summed E-state index contributed by atoms with van der Waals surface area (Å²) in [5, 5.41) is 6.07. The highest BCUT2D eigenvalue weighted by atomic mass is 35.5. The molecule has 7 heteroatoms. The van der Waals surface area contributed by atoms with Crippen LogP contribution in [0.1, 0.15) is 34.6 Å². The molecule has 2 atom stereocenters. The fourth-order valence-corrected chi connectivity index (χ4v) is 2.56. The third-order valence-corrected chi connectivity index (χ3v) is 3.81. The molecule has 1 aromatic carbocycles. The molecule has 0 unspecified atom stereocenters. The van der Waals surface area contributed by atoms with Crippen LogP contribution in [0.25, 0.3) is 0 Å². The number of urea groups is 1. The van der Waals surface area contributed by atoms with Crippen LogP contribution in [0.15, 0.2) is 36.4 Å². The lowest BCUT2D eigenvalue weighted by Gasteiger charge is -2.43. The van der Waals surface area contributed by atoms with E-state index in [1.165, 1.54) is 10.0 Å². The summed E-state index contributed by atoms with van der Waals surface area (Å²) >= 11 is 5.86. The number of benzene rings is 1. The number of hydrazine groups is 1. The molecule has 3 amide bonds. The Bertz CT molecular complexity index is 667. The van der Waals surface area contributed by atoms with E-state index in [1.807, 2.05) is 26.0 Å². The second kappa shape index (κ2) is 7.35. The molecule has 25 heavy (non-hydrogen) atoms. The first-order valence-electron chi connectivity index (χ1n) is 8.15. The second-order valence-electron chi connectivity index (χ2n) is 6.97. The monoisotopic (exact) mass is 365 g/mol. The van der Waals surface area contributed by atoms with Crippen molar-refractivity contribution in [3.8, 4) is 0 Å². The summed E-state index contributed by atoms with van der Waals surface area (Å²) in [4.78, 5) is 25.4. The van der Waals surface area contributed by atoms with Gasteiger partial charge in [-0.2, -0.15) is 0 Å². The third kappa shape index (κ3) is 4.89. The summed E-state index contributed by atoms with van der Waals surface area (Å²) in [5.74, 6) is 0. The summed E-state index contributed by atoms with van der Waals surface area (Å²) in [5.41, 5.74) is -0.0626. The van der Waals surface area contributed by atoms with Gasteiger partial charge in [0.1, 0.15) is 5.60 Å². The molecule has 0 saturated heterocycles. The number of nitrogens with one attached hydrogen (secondary N) is 1. The van der Waals surface area contributed by atoms with Crippen LogP contribution < -0.4 is 5.32 Å². The Morgan fingerprint density at radius 1 is 1.04 bits per heavy atom. The van der Waals surface area contributed by atoms with Crippen molar-refractivity contribution in [2.75, 3.05) is 5.32 Å². The molecule has 0 fully saturated rings. The van der Waals surface area contributed by atoms with Crippen molar-refractivity contribution < 1.29 is 14.3 Å². The Morgan fingerprint density at radius 2 is 1.56 bits per heavy atom. The van der Waals surface area contributed by atoms with Gasteiger partial charge in [-0.15, -0.1) is 0 Å². The van der Waals surface area contributed by atoms with Crippen molar-refractivity contribution in [3.05, 3.63) is 41.4 Å². The van der Waals surface area contributed by atoms with Gasteiger partial charge in [0.15, 0.2) is 0 Å². The molecule has 2 rings (SSSR count). The van der Waals surface area contributed by atoms with Crippen LogP contribution >= 0.6 is 11.6 Å². The van der Waals surface area contributed by atoms with Crippen LogP contribution in [-0.2, 0) is 4.74 Å². The molecule has 6 nitrogen and oxygen atoms in total. The van der Waals surface area contributed by atoms with E-state index >= 15 is 0 Å². The number of rotatable bonds is 1. The van der Waals surface area contributed by atoms with Crippen molar-refractivity contribution in [2.45, 2.75) is 52.3 Å². The third-order valence-electron chi connectivity index (χ3n) is 3.56. The Labute approximate surface area is 153 Å². The molecular weight excluding hydrogens is 342 g/mol. The van der Waals surface area contributed by atoms with Crippen LogP contribution in [0, 0.1) is 0 Å². The summed E-state index contributed by atoms with van der Waals surface area (Å²) in [6.07, 6.45) is 3.19. The SMILES string of the molecule is C[C@@H]1C=C[C@H](C)N(C(=O)Nc2ccc(Cl)cc2)N1C(=O)OC(C)(C)C. The topological polar surface area (TPSA) is 61.9 Å². The molecule has 136 valence electrons. The number of carbonyl (C=O) groups excluding carboxylic acids is 2. The maximum absolute atomic E-state index is 12.8. The molecular formula is C18H24ClN3O3. The Balaban J connectivity index is 2.23. The van der Waals surface area contributed by atoms with E-state index in [1.54, 1.807) is 45.0 Å². The zero-order valence-electron chi connectivity index (χ0n) is 15.1. The quantitative estimate of drug-likeness (QED) is 0.735. The summed E-state index contributed by atoms with van der Waals surface area (Å²) in [7, 11) is 0. The van der Waals surface area contributed by atoms with E-state index in [2.05, 4.69) is 5.32 Å². The number of ether oxygens (including phenoxy) is 1. The fraction of sp³-hybridized carbons (Fsp3) is 0.444. The van der Waals surface area contributed by atoms with E-state index in [0.717, 1.165) is 0 Å². The lowest BCUT2D eigenvalue weighted by Crippen LogP contribution is -2.60. The van der Waals surface area contributed by atoms with Crippen LogP contribution in [0.5, 0.6) is 0 Å². The molecule has 0 saturated carbocycles. The molecule has 0 aromatic heterocycles. The minimum atomic E-state index is -0.653. The second-order valence-corrected chi connectivity index (χ2v) is 7.41. The molecule has 0 radical (unpaired) electrons. The average Bonchev–Trinajstić information content (AvgIpc) is 2.49. The van der Waals surface area contributed by atoms with Gasteiger partial charge in [-0.25, -0.2) is 19.6 Å². The van der Waals surface area contributed by atoms with Gasteiger partial charge >= 0.3 is 12.1 Å². The predicted molar refractivity (Wildman–Crippen MR) is 98.4 cm³/mol. The van der Waals surface area contributed by atoms with Crippen LogP contribution in [0.2, 0.25) is 5.02 Å². The van der Waals surface area contributed by atoms with Crippen molar-refractivity contribution in [1.29, 1.82) is 0 Å². The number of hydrogen-bond donors (Lipinski definition) is 1. The summed E-state index contributed by atoms with van der Waals surface area (Å²) in [6, 6.07) is 5.75. The van der Waals surface area contributed by atoms with E-state index in [4.69, 9.17) is 16.3 Å². The van der Waals surface area contributed by atoms with E-state index in [0.29, 0.717) is 10.7 Å². The zero-order chi connectivity index (χ0) is 18.8. The van der Waals surface area contributed by atoms with Gasteiger partial charge in [-0.05, 0) is 58.9 Å².